The van der Waals surface area contributed by atoms with Gasteiger partial charge in [0.2, 0.25) is 5.09 Å². The second-order valence-electron chi connectivity index (χ2n) is 5.62. The van der Waals surface area contributed by atoms with E-state index in [4.69, 9.17) is 10.2 Å². The van der Waals surface area contributed by atoms with Crippen molar-refractivity contribution in [2.75, 3.05) is 6.54 Å². The van der Waals surface area contributed by atoms with Crippen LogP contribution in [0.4, 0.5) is 0 Å². The lowest BCUT2D eigenvalue weighted by atomic mass is 9.76. The van der Waals surface area contributed by atoms with Crippen molar-refractivity contribution < 1.29 is 12.8 Å². The molecule has 0 unspecified atom stereocenters. The van der Waals surface area contributed by atoms with E-state index in [1.807, 2.05) is 0 Å². The average Bonchev–Trinajstić information content (AvgIpc) is 2.87. The standard InChI is InChI=1S/C13H22N2O3S/c1-13(7-3-2-4-8-13)10-15-19(16,17)12-6-5-11(9-14)18-12/h5-6,15H,2-4,7-10,14H2,1H3. The molecule has 0 amide bonds. The van der Waals surface area contributed by atoms with E-state index in [9.17, 15) is 8.42 Å². The summed E-state index contributed by atoms with van der Waals surface area (Å²) in [6.45, 7) is 2.81. The highest BCUT2D eigenvalue weighted by atomic mass is 32.2. The molecule has 0 spiro atoms. The molecule has 1 saturated carbocycles. The summed E-state index contributed by atoms with van der Waals surface area (Å²) in [5, 5.41) is -0.0487. The van der Waals surface area contributed by atoms with Crippen LogP contribution in [0.1, 0.15) is 44.8 Å². The second-order valence-corrected chi connectivity index (χ2v) is 7.32. The molecule has 0 bridgehead atoms. The molecule has 1 aliphatic carbocycles. The van der Waals surface area contributed by atoms with Crippen LogP contribution in [0.3, 0.4) is 0 Å². The van der Waals surface area contributed by atoms with E-state index in [1.54, 1.807) is 6.07 Å². The molecule has 1 aliphatic rings. The lowest BCUT2D eigenvalue weighted by molar-refractivity contribution is 0.218. The highest BCUT2D eigenvalue weighted by Gasteiger charge is 2.29. The molecule has 1 heterocycles. The summed E-state index contributed by atoms with van der Waals surface area (Å²) >= 11 is 0. The first-order chi connectivity index (χ1) is 8.95. The van der Waals surface area contributed by atoms with Crippen molar-refractivity contribution in [3.05, 3.63) is 17.9 Å². The number of hydrogen-bond acceptors (Lipinski definition) is 4. The molecule has 1 aromatic heterocycles. The topological polar surface area (TPSA) is 85.3 Å². The maximum absolute atomic E-state index is 12.1. The summed E-state index contributed by atoms with van der Waals surface area (Å²) in [6.07, 6.45) is 5.75. The minimum Gasteiger partial charge on any atom is -0.447 e. The highest BCUT2D eigenvalue weighted by Crippen LogP contribution is 2.35. The number of nitrogens with two attached hydrogens (primary N) is 1. The zero-order valence-electron chi connectivity index (χ0n) is 11.3. The van der Waals surface area contributed by atoms with Crippen molar-refractivity contribution in [2.24, 2.45) is 11.1 Å². The molecule has 0 aromatic carbocycles. The fourth-order valence-electron chi connectivity index (χ4n) is 2.53. The first kappa shape index (κ1) is 14.6. The minimum atomic E-state index is -3.56. The summed E-state index contributed by atoms with van der Waals surface area (Å²) in [6, 6.07) is 3.05. The van der Waals surface area contributed by atoms with E-state index < -0.39 is 10.0 Å². The molecule has 0 aliphatic heterocycles. The number of nitrogens with one attached hydrogen (secondary N) is 1. The van der Waals surface area contributed by atoms with Crippen LogP contribution in [0.25, 0.3) is 0 Å². The molecule has 0 saturated heterocycles. The fourth-order valence-corrected chi connectivity index (χ4v) is 3.68. The van der Waals surface area contributed by atoms with Gasteiger partial charge in [0, 0.05) is 6.54 Å². The van der Waals surface area contributed by atoms with Crippen LogP contribution in [-0.2, 0) is 16.6 Å². The Balaban J connectivity index is 2.01. The van der Waals surface area contributed by atoms with Crippen LogP contribution >= 0.6 is 0 Å². The van der Waals surface area contributed by atoms with Crippen LogP contribution in [0, 0.1) is 5.41 Å². The molecule has 1 aromatic rings. The Labute approximate surface area is 114 Å². The van der Waals surface area contributed by atoms with Crippen molar-refractivity contribution in [3.8, 4) is 0 Å². The van der Waals surface area contributed by atoms with E-state index in [-0.39, 0.29) is 17.1 Å². The van der Waals surface area contributed by atoms with Gasteiger partial charge in [0.25, 0.3) is 10.0 Å². The minimum absolute atomic E-state index is 0.0487. The third kappa shape index (κ3) is 3.58. The van der Waals surface area contributed by atoms with Gasteiger partial charge in [-0.15, -0.1) is 0 Å². The van der Waals surface area contributed by atoms with Gasteiger partial charge in [-0.3, -0.25) is 0 Å². The Bertz CT molecular complexity index is 516. The van der Waals surface area contributed by atoms with E-state index in [0.29, 0.717) is 12.3 Å². The van der Waals surface area contributed by atoms with Crippen LogP contribution in [0.15, 0.2) is 21.6 Å². The van der Waals surface area contributed by atoms with Crippen LogP contribution < -0.4 is 10.5 Å². The maximum Gasteiger partial charge on any atom is 0.273 e. The number of rotatable bonds is 5. The fraction of sp³-hybridized carbons (Fsp3) is 0.692. The van der Waals surface area contributed by atoms with Crippen LogP contribution in [0.5, 0.6) is 0 Å². The molecule has 2 rings (SSSR count). The van der Waals surface area contributed by atoms with Gasteiger partial charge in [-0.05, 0) is 30.4 Å². The van der Waals surface area contributed by atoms with Crippen molar-refractivity contribution in [1.29, 1.82) is 0 Å². The quantitative estimate of drug-likeness (QED) is 0.866. The molecule has 108 valence electrons. The Kier molecular flexibility index (Phi) is 4.32. The summed E-state index contributed by atoms with van der Waals surface area (Å²) in [4.78, 5) is 0. The van der Waals surface area contributed by atoms with Crippen molar-refractivity contribution >= 4 is 10.0 Å². The SMILES string of the molecule is CC1(CNS(=O)(=O)c2ccc(CN)o2)CCCCC1. The Morgan fingerprint density at radius 3 is 2.58 bits per heavy atom. The zero-order valence-corrected chi connectivity index (χ0v) is 12.1. The largest absolute Gasteiger partial charge is 0.447 e. The molecule has 0 radical (unpaired) electrons. The lowest BCUT2D eigenvalue weighted by Crippen LogP contribution is -2.36. The summed E-state index contributed by atoms with van der Waals surface area (Å²) in [5.74, 6) is 0.476. The van der Waals surface area contributed by atoms with Gasteiger partial charge in [0.1, 0.15) is 5.76 Å². The number of hydrogen-bond donors (Lipinski definition) is 2. The summed E-state index contributed by atoms with van der Waals surface area (Å²) in [5.41, 5.74) is 5.47. The van der Waals surface area contributed by atoms with Gasteiger partial charge in [0.15, 0.2) is 0 Å². The smallest absolute Gasteiger partial charge is 0.273 e. The number of sulfonamides is 1. The van der Waals surface area contributed by atoms with Gasteiger partial charge < -0.3 is 10.2 Å². The number of furan rings is 1. The molecular weight excluding hydrogens is 264 g/mol. The Morgan fingerprint density at radius 2 is 2.00 bits per heavy atom. The predicted molar refractivity (Wildman–Crippen MR) is 73.0 cm³/mol. The Hall–Kier alpha value is -0.850. The van der Waals surface area contributed by atoms with E-state index in [1.165, 1.54) is 25.3 Å². The van der Waals surface area contributed by atoms with Crippen molar-refractivity contribution in [2.45, 2.75) is 50.7 Å². The van der Waals surface area contributed by atoms with Crippen molar-refractivity contribution in [3.63, 3.8) is 0 Å². The van der Waals surface area contributed by atoms with Gasteiger partial charge in [-0.2, -0.15) is 0 Å². The first-order valence-electron chi connectivity index (χ1n) is 6.74. The molecule has 6 heteroatoms. The van der Waals surface area contributed by atoms with Crippen molar-refractivity contribution in [1.82, 2.24) is 4.72 Å². The molecule has 1 fully saturated rings. The van der Waals surface area contributed by atoms with Gasteiger partial charge in [-0.25, -0.2) is 13.1 Å². The third-order valence-electron chi connectivity index (χ3n) is 3.85. The zero-order chi connectivity index (χ0) is 13.9. The van der Waals surface area contributed by atoms with E-state index in [2.05, 4.69) is 11.6 Å². The second kappa shape index (κ2) is 5.64. The average molecular weight is 286 g/mol. The molecular formula is C13H22N2O3S. The summed E-state index contributed by atoms with van der Waals surface area (Å²) < 4.78 is 32.1. The third-order valence-corrected chi connectivity index (χ3v) is 5.13. The Morgan fingerprint density at radius 1 is 1.32 bits per heavy atom. The molecule has 19 heavy (non-hydrogen) atoms. The van der Waals surface area contributed by atoms with Gasteiger partial charge in [0.05, 0.1) is 6.54 Å². The normalized spacial score (nSPS) is 19.5. The lowest BCUT2D eigenvalue weighted by Gasteiger charge is -2.33. The monoisotopic (exact) mass is 286 g/mol. The van der Waals surface area contributed by atoms with E-state index >= 15 is 0 Å². The van der Waals surface area contributed by atoms with Gasteiger partial charge in [-0.1, -0.05) is 26.2 Å². The summed E-state index contributed by atoms with van der Waals surface area (Å²) in [7, 11) is -3.56. The first-order valence-corrected chi connectivity index (χ1v) is 8.22. The van der Waals surface area contributed by atoms with E-state index in [0.717, 1.165) is 12.8 Å². The highest BCUT2D eigenvalue weighted by molar-refractivity contribution is 7.89. The molecule has 3 N–H and O–H groups in total. The van der Waals surface area contributed by atoms with Crippen LogP contribution in [0.2, 0.25) is 0 Å². The predicted octanol–water partition coefficient (Wildman–Crippen LogP) is 1.99. The molecule has 5 nitrogen and oxygen atoms in total. The molecule has 0 atom stereocenters. The van der Waals surface area contributed by atoms with Gasteiger partial charge >= 0.3 is 0 Å². The maximum atomic E-state index is 12.1. The van der Waals surface area contributed by atoms with Crippen LogP contribution in [-0.4, -0.2) is 15.0 Å².